The third-order valence-electron chi connectivity index (χ3n) is 3.60. The van der Waals surface area contributed by atoms with Crippen LogP contribution in [0.3, 0.4) is 0 Å². The van der Waals surface area contributed by atoms with Crippen molar-refractivity contribution in [2.45, 2.75) is 31.7 Å². The van der Waals surface area contributed by atoms with E-state index in [1.807, 2.05) is 0 Å². The van der Waals surface area contributed by atoms with Gasteiger partial charge in [-0.05, 0) is 52.9 Å². The Hall–Kier alpha value is -0.0600. The summed E-state index contributed by atoms with van der Waals surface area (Å²) in [5.41, 5.74) is 0.603. The fourth-order valence-corrected chi connectivity index (χ4v) is 3.87. The summed E-state index contributed by atoms with van der Waals surface area (Å²) in [7, 11) is 0. The summed E-state index contributed by atoms with van der Waals surface area (Å²) >= 11 is 12.9. The van der Waals surface area contributed by atoms with E-state index in [9.17, 15) is 4.79 Å². The number of benzene rings is 1. The largest absolute Gasteiger partial charge is 0.349 e. The summed E-state index contributed by atoms with van der Waals surface area (Å²) in [4.78, 5) is 12.3. The first kappa shape index (κ1) is 15.3. The lowest BCUT2D eigenvalue weighted by Crippen LogP contribution is -2.42. The number of alkyl halides is 1. The molecule has 1 fully saturated rings. The van der Waals surface area contributed by atoms with E-state index < -0.39 is 0 Å². The van der Waals surface area contributed by atoms with Crippen LogP contribution in [0.1, 0.15) is 36.0 Å². The molecule has 104 valence electrons. The van der Waals surface area contributed by atoms with E-state index >= 15 is 0 Å². The van der Waals surface area contributed by atoms with Crippen molar-refractivity contribution in [1.82, 2.24) is 5.32 Å². The quantitative estimate of drug-likeness (QED) is 0.715. The molecule has 2 nitrogen and oxygen atoms in total. The van der Waals surface area contributed by atoms with E-state index in [1.165, 1.54) is 19.3 Å². The highest BCUT2D eigenvalue weighted by atomic mass is 79.9. The van der Waals surface area contributed by atoms with Crippen LogP contribution in [0.5, 0.6) is 0 Å². The Kier molecular flexibility index (Phi) is 5.72. The van der Waals surface area contributed by atoms with Gasteiger partial charge in [-0.3, -0.25) is 4.79 Å². The zero-order valence-electron chi connectivity index (χ0n) is 10.5. The Morgan fingerprint density at radius 3 is 2.84 bits per heavy atom. The smallest absolute Gasteiger partial charge is 0.252 e. The van der Waals surface area contributed by atoms with Crippen LogP contribution >= 0.6 is 43.5 Å². The second-order valence-corrected chi connectivity index (χ2v) is 6.84. The summed E-state index contributed by atoms with van der Waals surface area (Å²) in [6.45, 7) is 0. The van der Waals surface area contributed by atoms with Crippen molar-refractivity contribution in [2.24, 2.45) is 5.92 Å². The molecular formula is C14H16Br2ClNO. The molecule has 0 bridgehead atoms. The molecule has 0 saturated heterocycles. The van der Waals surface area contributed by atoms with Gasteiger partial charge in [-0.1, -0.05) is 40.4 Å². The minimum Gasteiger partial charge on any atom is -0.349 e. The monoisotopic (exact) mass is 407 g/mol. The Labute approximate surface area is 135 Å². The van der Waals surface area contributed by atoms with E-state index in [0.29, 0.717) is 16.5 Å². The fourth-order valence-electron chi connectivity index (χ4n) is 2.50. The van der Waals surface area contributed by atoms with Crippen LogP contribution in [0.25, 0.3) is 0 Å². The van der Waals surface area contributed by atoms with E-state index in [1.54, 1.807) is 18.2 Å². The molecule has 1 N–H and O–H groups in total. The zero-order valence-corrected chi connectivity index (χ0v) is 14.4. The Morgan fingerprint density at radius 1 is 1.37 bits per heavy atom. The van der Waals surface area contributed by atoms with Gasteiger partial charge in [0.1, 0.15) is 0 Å². The summed E-state index contributed by atoms with van der Waals surface area (Å²) in [5.74, 6) is 0.475. The van der Waals surface area contributed by atoms with Crippen LogP contribution in [-0.4, -0.2) is 17.3 Å². The lowest BCUT2D eigenvalue weighted by molar-refractivity contribution is 0.0911. The maximum atomic E-state index is 12.3. The predicted octanol–water partition coefficient (Wildman–Crippen LogP) is 4.79. The van der Waals surface area contributed by atoms with Crippen molar-refractivity contribution >= 4 is 49.4 Å². The molecule has 0 aliphatic heterocycles. The molecule has 1 amide bonds. The van der Waals surface area contributed by atoms with Crippen molar-refractivity contribution in [3.8, 4) is 0 Å². The Bertz CT molecular complexity index is 467. The fraction of sp³-hybridized carbons (Fsp3) is 0.500. The summed E-state index contributed by atoms with van der Waals surface area (Å²) < 4.78 is 0.778. The van der Waals surface area contributed by atoms with Crippen LogP contribution in [0.15, 0.2) is 22.7 Å². The molecular weight excluding hydrogens is 393 g/mol. The molecule has 1 aromatic rings. The van der Waals surface area contributed by atoms with Crippen molar-refractivity contribution in [3.63, 3.8) is 0 Å². The molecule has 19 heavy (non-hydrogen) atoms. The topological polar surface area (TPSA) is 29.1 Å². The first-order chi connectivity index (χ1) is 9.11. The molecule has 1 aliphatic carbocycles. The van der Waals surface area contributed by atoms with Gasteiger partial charge in [-0.25, -0.2) is 0 Å². The molecule has 1 aliphatic rings. The minimum absolute atomic E-state index is 0.0489. The highest BCUT2D eigenvalue weighted by molar-refractivity contribution is 9.10. The average Bonchev–Trinajstić information content (AvgIpc) is 2.42. The summed E-state index contributed by atoms with van der Waals surface area (Å²) in [6.07, 6.45) is 4.67. The molecule has 1 saturated carbocycles. The van der Waals surface area contributed by atoms with Gasteiger partial charge in [0, 0.05) is 20.9 Å². The molecule has 0 radical (unpaired) electrons. The van der Waals surface area contributed by atoms with Crippen molar-refractivity contribution < 1.29 is 4.79 Å². The SMILES string of the molecule is O=C(NC1CCCCC1CBr)c1cc(Cl)ccc1Br. The van der Waals surface area contributed by atoms with Crippen LogP contribution in [0.2, 0.25) is 5.02 Å². The van der Waals surface area contributed by atoms with Gasteiger partial charge in [-0.2, -0.15) is 0 Å². The number of carbonyl (C=O) groups is 1. The minimum atomic E-state index is -0.0489. The van der Waals surface area contributed by atoms with Gasteiger partial charge in [0.25, 0.3) is 5.91 Å². The molecule has 5 heteroatoms. The van der Waals surface area contributed by atoms with E-state index in [4.69, 9.17) is 11.6 Å². The number of rotatable bonds is 3. The van der Waals surface area contributed by atoms with Gasteiger partial charge in [0.2, 0.25) is 0 Å². The predicted molar refractivity (Wildman–Crippen MR) is 86.2 cm³/mol. The average molecular weight is 410 g/mol. The lowest BCUT2D eigenvalue weighted by atomic mass is 9.86. The standard InChI is InChI=1S/C14H16Br2ClNO/c15-8-9-3-1-2-4-13(9)18-14(19)11-7-10(17)5-6-12(11)16/h5-7,9,13H,1-4,8H2,(H,18,19). The molecule has 2 rings (SSSR count). The number of halogens is 3. The molecule has 0 spiro atoms. The Morgan fingerprint density at radius 2 is 2.11 bits per heavy atom. The number of hydrogen-bond donors (Lipinski definition) is 1. The molecule has 0 heterocycles. The van der Waals surface area contributed by atoms with Gasteiger partial charge in [0.15, 0.2) is 0 Å². The maximum absolute atomic E-state index is 12.3. The van der Waals surface area contributed by atoms with Crippen LogP contribution in [-0.2, 0) is 0 Å². The molecule has 2 unspecified atom stereocenters. The first-order valence-electron chi connectivity index (χ1n) is 6.43. The normalized spacial score (nSPS) is 23.1. The zero-order chi connectivity index (χ0) is 13.8. The highest BCUT2D eigenvalue weighted by Crippen LogP contribution is 2.27. The lowest BCUT2D eigenvalue weighted by Gasteiger charge is -2.31. The van der Waals surface area contributed by atoms with Gasteiger partial charge >= 0.3 is 0 Å². The number of nitrogens with one attached hydrogen (secondary N) is 1. The number of hydrogen-bond acceptors (Lipinski definition) is 1. The second kappa shape index (κ2) is 7.09. The molecule has 0 aromatic heterocycles. The van der Waals surface area contributed by atoms with Crippen LogP contribution < -0.4 is 5.32 Å². The Balaban J connectivity index is 2.09. The van der Waals surface area contributed by atoms with Crippen LogP contribution in [0.4, 0.5) is 0 Å². The van der Waals surface area contributed by atoms with Gasteiger partial charge < -0.3 is 5.32 Å². The van der Waals surface area contributed by atoms with Crippen molar-refractivity contribution in [2.75, 3.05) is 5.33 Å². The highest BCUT2D eigenvalue weighted by Gasteiger charge is 2.26. The van der Waals surface area contributed by atoms with E-state index in [0.717, 1.165) is 16.2 Å². The summed E-state index contributed by atoms with van der Waals surface area (Å²) in [5, 5.41) is 4.66. The van der Waals surface area contributed by atoms with Crippen molar-refractivity contribution in [1.29, 1.82) is 0 Å². The number of amides is 1. The second-order valence-electron chi connectivity index (χ2n) is 4.90. The summed E-state index contributed by atoms with van der Waals surface area (Å²) in [6, 6.07) is 5.53. The molecule has 1 aromatic carbocycles. The third kappa shape index (κ3) is 3.96. The van der Waals surface area contributed by atoms with Gasteiger partial charge in [-0.15, -0.1) is 0 Å². The van der Waals surface area contributed by atoms with Crippen LogP contribution in [0, 0.1) is 5.92 Å². The maximum Gasteiger partial charge on any atom is 0.252 e. The van der Waals surface area contributed by atoms with E-state index in [-0.39, 0.29) is 11.9 Å². The third-order valence-corrected chi connectivity index (χ3v) is 5.36. The van der Waals surface area contributed by atoms with Gasteiger partial charge in [0.05, 0.1) is 5.56 Å². The first-order valence-corrected chi connectivity index (χ1v) is 8.73. The number of carbonyl (C=O) groups excluding carboxylic acids is 1. The molecule has 2 atom stereocenters. The van der Waals surface area contributed by atoms with Crippen molar-refractivity contribution in [3.05, 3.63) is 33.3 Å². The van der Waals surface area contributed by atoms with E-state index in [2.05, 4.69) is 37.2 Å².